The molecule has 3 rings (SSSR count). The van der Waals surface area contributed by atoms with Crippen molar-refractivity contribution in [2.75, 3.05) is 11.9 Å². The van der Waals surface area contributed by atoms with Crippen LogP contribution in [-0.4, -0.2) is 29.6 Å². The van der Waals surface area contributed by atoms with Crippen LogP contribution in [0.15, 0.2) is 18.2 Å². The minimum absolute atomic E-state index is 0.626. The summed E-state index contributed by atoms with van der Waals surface area (Å²) in [6.07, 6.45) is 4.12. The zero-order chi connectivity index (χ0) is 12.7. The second-order valence-corrected chi connectivity index (χ2v) is 6.10. The lowest BCUT2D eigenvalue weighted by Crippen LogP contribution is -2.31. The van der Waals surface area contributed by atoms with Crippen molar-refractivity contribution in [2.45, 2.75) is 58.2 Å². The Morgan fingerprint density at radius 1 is 1.22 bits per heavy atom. The Balaban J connectivity index is 1.68. The summed E-state index contributed by atoms with van der Waals surface area (Å²) < 4.78 is 0. The second-order valence-electron chi connectivity index (χ2n) is 6.10. The van der Waals surface area contributed by atoms with Crippen molar-refractivity contribution < 1.29 is 0 Å². The summed E-state index contributed by atoms with van der Waals surface area (Å²) in [5.74, 6) is 0. The van der Waals surface area contributed by atoms with Crippen molar-refractivity contribution in [1.82, 2.24) is 4.90 Å². The van der Waals surface area contributed by atoms with Gasteiger partial charge in [0.15, 0.2) is 0 Å². The summed E-state index contributed by atoms with van der Waals surface area (Å²) in [6, 6.07) is 8.83. The number of benzene rings is 1. The van der Waals surface area contributed by atoms with Gasteiger partial charge in [0.05, 0.1) is 0 Å². The normalized spacial score (nSPS) is 28.6. The lowest BCUT2D eigenvalue weighted by Gasteiger charge is -2.20. The van der Waals surface area contributed by atoms with Crippen LogP contribution in [0.3, 0.4) is 0 Å². The molecule has 1 aliphatic heterocycles. The summed E-state index contributed by atoms with van der Waals surface area (Å²) in [4.78, 5) is 2.70. The maximum atomic E-state index is 3.75. The molecule has 0 aromatic heterocycles. The van der Waals surface area contributed by atoms with E-state index in [2.05, 4.69) is 49.2 Å². The number of anilines is 1. The molecule has 1 saturated heterocycles. The highest BCUT2D eigenvalue weighted by atomic mass is 15.3. The van der Waals surface area contributed by atoms with E-state index in [0.717, 1.165) is 12.1 Å². The molecule has 2 unspecified atom stereocenters. The molecule has 0 bridgehead atoms. The van der Waals surface area contributed by atoms with Gasteiger partial charge in [0.2, 0.25) is 0 Å². The van der Waals surface area contributed by atoms with Gasteiger partial charge in [-0.1, -0.05) is 12.1 Å². The van der Waals surface area contributed by atoms with E-state index >= 15 is 0 Å². The highest BCUT2D eigenvalue weighted by Gasteiger charge is 2.38. The van der Waals surface area contributed by atoms with Crippen LogP contribution in [0.25, 0.3) is 0 Å². The quantitative estimate of drug-likeness (QED) is 0.877. The topological polar surface area (TPSA) is 15.3 Å². The molecule has 1 heterocycles. The number of hydrogen-bond donors (Lipinski definition) is 1. The monoisotopic (exact) mass is 244 g/mol. The molecule has 1 aliphatic carbocycles. The minimum Gasteiger partial charge on any atom is -0.381 e. The van der Waals surface area contributed by atoms with Crippen LogP contribution in [0.2, 0.25) is 0 Å². The van der Waals surface area contributed by atoms with Crippen LogP contribution in [-0.2, 0) is 0 Å². The molecule has 1 N–H and O–H groups in total. The fourth-order valence-electron chi connectivity index (χ4n) is 3.20. The molecule has 1 aromatic carbocycles. The molecule has 0 amide bonds. The van der Waals surface area contributed by atoms with Crippen molar-refractivity contribution in [3.05, 3.63) is 29.3 Å². The summed E-state index contributed by atoms with van der Waals surface area (Å²) in [7, 11) is 0. The van der Waals surface area contributed by atoms with E-state index in [1.165, 1.54) is 42.6 Å². The first-order valence-electron chi connectivity index (χ1n) is 7.23. The van der Waals surface area contributed by atoms with Gasteiger partial charge in [-0.05, 0) is 57.2 Å². The third kappa shape index (κ3) is 2.26. The van der Waals surface area contributed by atoms with Gasteiger partial charge < -0.3 is 5.32 Å². The Morgan fingerprint density at radius 3 is 2.72 bits per heavy atom. The van der Waals surface area contributed by atoms with Gasteiger partial charge in [-0.25, -0.2) is 0 Å². The molecule has 0 radical (unpaired) electrons. The number of nitrogens with zero attached hydrogens (tertiary/aromatic N) is 1. The van der Waals surface area contributed by atoms with Gasteiger partial charge in [-0.2, -0.15) is 0 Å². The van der Waals surface area contributed by atoms with Crippen LogP contribution in [0, 0.1) is 13.8 Å². The second kappa shape index (κ2) is 4.58. The van der Waals surface area contributed by atoms with Gasteiger partial charge in [-0.15, -0.1) is 0 Å². The minimum atomic E-state index is 0.626. The zero-order valence-corrected chi connectivity index (χ0v) is 11.7. The summed E-state index contributed by atoms with van der Waals surface area (Å²) in [5.41, 5.74) is 4.10. The van der Waals surface area contributed by atoms with E-state index < -0.39 is 0 Å². The average Bonchev–Trinajstić information content (AvgIpc) is 3.10. The first-order chi connectivity index (χ1) is 8.65. The van der Waals surface area contributed by atoms with Crippen molar-refractivity contribution in [1.29, 1.82) is 0 Å². The van der Waals surface area contributed by atoms with E-state index in [0.29, 0.717) is 6.04 Å². The van der Waals surface area contributed by atoms with Crippen molar-refractivity contribution >= 4 is 5.69 Å². The summed E-state index contributed by atoms with van der Waals surface area (Å²) in [6.45, 7) is 8.01. The molecule has 18 heavy (non-hydrogen) atoms. The van der Waals surface area contributed by atoms with E-state index in [-0.39, 0.29) is 0 Å². The molecule has 2 heteroatoms. The van der Waals surface area contributed by atoms with Gasteiger partial charge in [0.25, 0.3) is 0 Å². The SMILES string of the molecule is Cc1cccc(NC2CC(C)N(C3CC3)C2)c1C. The van der Waals surface area contributed by atoms with Gasteiger partial charge in [-0.3, -0.25) is 4.90 Å². The Morgan fingerprint density at radius 2 is 2.00 bits per heavy atom. The predicted octanol–water partition coefficient (Wildman–Crippen LogP) is 3.34. The maximum absolute atomic E-state index is 3.75. The van der Waals surface area contributed by atoms with E-state index in [1.807, 2.05) is 0 Å². The molecule has 98 valence electrons. The fourth-order valence-corrected chi connectivity index (χ4v) is 3.20. The third-order valence-electron chi connectivity index (χ3n) is 4.60. The third-order valence-corrected chi connectivity index (χ3v) is 4.60. The molecule has 2 aliphatic rings. The highest BCUT2D eigenvalue weighted by molar-refractivity contribution is 5.54. The summed E-state index contributed by atoms with van der Waals surface area (Å²) >= 11 is 0. The average molecular weight is 244 g/mol. The number of rotatable bonds is 3. The number of aryl methyl sites for hydroxylation is 1. The molecule has 2 atom stereocenters. The lowest BCUT2D eigenvalue weighted by molar-refractivity contribution is 0.257. The fraction of sp³-hybridized carbons (Fsp3) is 0.625. The lowest BCUT2D eigenvalue weighted by atomic mass is 10.1. The molecule has 1 aromatic rings. The van der Waals surface area contributed by atoms with Crippen LogP contribution in [0.5, 0.6) is 0 Å². The molecule has 0 spiro atoms. The van der Waals surface area contributed by atoms with Crippen molar-refractivity contribution in [2.24, 2.45) is 0 Å². The Labute approximate surface area is 110 Å². The van der Waals surface area contributed by atoms with Gasteiger partial charge >= 0.3 is 0 Å². The smallest absolute Gasteiger partial charge is 0.0403 e. The number of hydrogen-bond acceptors (Lipinski definition) is 2. The van der Waals surface area contributed by atoms with Crippen LogP contribution < -0.4 is 5.32 Å². The first-order valence-corrected chi connectivity index (χ1v) is 7.23. The molecular formula is C16H24N2. The van der Waals surface area contributed by atoms with E-state index in [1.54, 1.807) is 0 Å². The molecule has 2 fully saturated rings. The molecular weight excluding hydrogens is 220 g/mol. The van der Waals surface area contributed by atoms with E-state index in [4.69, 9.17) is 0 Å². The highest BCUT2D eigenvalue weighted by Crippen LogP contribution is 2.34. The Kier molecular flexibility index (Phi) is 3.06. The first kappa shape index (κ1) is 12.0. The largest absolute Gasteiger partial charge is 0.381 e. The van der Waals surface area contributed by atoms with Crippen molar-refractivity contribution in [3.8, 4) is 0 Å². The van der Waals surface area contributed by atoms with Crippen LogP contribution >= 0.6 is 0 Å². The predicted molar refractivity (Wildman–Crippen MR) is 77.1 cm³/mol. The Hall–Kier alpha value is -1.02. The Bertz CT molecular complexity index is 437. The van der Waals surface area contributed by atoms with Gasteiger partial charge in [0, 0.05) is 30.4 Å². The summed E-state index contributed by atoms with van der Waals surface area (Å²) in [5, 5.41) is 3.75. The van der Waals surface area contributed by atoms with Crippen LogP contribution in [0.4, 0.5) is 5.69 Å². The molecule has 2 nitrogen and oxygen atoms in total. The van der Waals surface area contributed by atoms with E-state index in [9.17, 15) is 0 Å². The molecule has 1 saturated carbocycles. The van der Waals surface area contributed by atoms with Crippen LogP contribution in [0.1, 0.15) is 37.3 Å². The number of nitrogens with one attached hydrogen (secondary N) is 1. The van der Waals surface area contributed by atoms with Gasteiger partial charge in [0.1, 0.15) is 0 Å². The number of likely N-dealkylation sites (tertiary alicyclic amines) is 1. The standard InChI is InChI=1S/C16H24N2/c1-11-5-4-6-16(13(11)3)17-14-9-12(2)18(10-14)15-7-8-15/h4-6,12,14-15,17H,7-10H2,1-3H3. The maximum Gasteiger partial charge on any atom is 0.0403 e. The zero-order valence-electron chi connectivity index (χ0n) is 11.7. The van der Waals surface area contributed by atoms with Crippen molar-refractivity contribution in [3.63, 3.8) is 0 Å².